The molecule has 1 aliphatic heterocycles. The average molecular weight is 290 g/mol. The molecule has 1 fully saturated rings. The quantitative estimate of drug-likeness (QED) is 0.897. The summed E-state index contributed by atoms with van der Waals surface area (Å²) in [4.78, 5) is 2.58. The Morgan fingerprint density at radius 2 is 2.05 bits per heavy atom. The first-order chi connectivity index (χ1) is 9.77. The molecule has 3 nitrogen and oxygen atoms in total. The molecule has 0 spiro atoms. The van der Waals surface area contributed by atoms with Crippen molar-refractivity contribution < 1.29 is 5.11 Å². The first kappa shape index (κ1) is 16.3. The smallest absolute Gasteiger partial charge is 0.115 e. The maximum atomic E-state index is 9.68. The summed E-state index contributed by atoms with van der Waals surface area (Å²) in [5.41, 5.74) is 1.43. The van der Waals surface area contributed by atoms with Crippen LogP contribution in [0.1, 0.15) is 40.2 Å². The lowest BCUT2D eigenvalue weighted by molar-refractivity contribution is 0.0400. The number of benzene rings is 1. The Kier molecular flexibility index (Phi) is 4.95. The molecule has 0 aromatic heterocycles. The van der Waals surface area contributed by atoms with Crippen LogP contribution in [0.3, 0.4) is 0 Å². The van der Waals surface area contributed by atoms with Crippen molar-refractivity contribution in [3.05, 3.63) is 29.8 Å². The van der Waals surface area contributed by atoms with Crippen LogP contribution in [0, 0.1) is 11.3 Å². The number of rotatable bonds is 3. The van der Waals surface area contributed by atoms with E-state index in [0.717, 1.165) is 19.6 Å². The summed E-state index contributed by atoms with van der Waals surface area (Å²) >= 11 is 0. The fourth-order valence-corrected chi connectivity index (χ4v) is 3.20. The van der Waals surface area contributed by atoms with Gasteiger partial charge >= 0.3 is 0 Å². The van der Waals surface area contributed by atoms with E-state index in [1.807, 2.05) is 12.1 Å². The molecular weight excluding hydrogens is 260 g/mol. The van der Waals surface area contributed by atoms with Gasteiger partial charge in [-0.2, -0.15) is 0 Å². The van der Waals surface area contributed by atoms with E-state index < -0.39 is 0 Å². The summed E-state index contributed by atoms with van der Waals surface area (Å²) < 4.78 is 0. The summed E-state index contributed by atoms with van der Waals surface area (Å²) in [6.45, 7) is 14.5. The second-order valence-corrected chi connectivity index (χ2v) is 7.74. The molecule has 2 N–H and O–H groups in total. The summed E-state index contributed by atoms with van der Waals surface area (Å²) in [5.74, 6) is 0.993. The van der Waals surface area contributed by atoms with Crippen LogP contribution < -0.4 is 5.32 Å². The van der Waals surface area contributed by atoms with E-state index in [0.29, 0.717) is 23.8 Å². The molecule has 2 rings (SSSR count). The Hall–Kier alpha value is -1.06. The summed E-state index contributed by atoms with van der Waals surface area (Å²) in [6, 6.07) is 8.70. The van der Waals surface area contributed by atoms with Gasteiger partial charge in [-0.3, -0.25) is 4.90 Å². The van der Waals surface area contributed by atoms with Crippen LogP contribution in [0.25, 0.3) is 0 Å². The highest BCUT2D eigenvalue weighted by atomic mass is 16.3. The molecule has 118 valence electrons. The highest BCUT2D eigenvalue weighted by Gasteiger charge is 2.36. The Balaban J connectivity index is 2.17. The van der Waals surface area contributed by atoms with Gasteiger partial charge in [0.2, 0.25) is 0 Å². The lowest BCUT2D eigenvalue weighted by Crippen LogP contribution is -2.61. The van der Waals surface area contributed by atoms with Gasteiger partial charge in [0.05, 0.1) is 0 Å². The van der Waals surface area contributed by atoms with E-state index in [9.17, 15) is 5.11 Å². The van der Waals surface area contributed by atoms with Gasteiger partial charge in [-0.15, -0.1) is 0 Å². The van der Waals surface area contributed by atoms with Gasteiger partial charge in [0, 0.05) is 31.7 Å². The van der Waals surface area contributed by atoms with Gasteiger partial charge in [0.25, 0.3) is 0 Å². The second kappa shape index (κ2) is 6.37. The fourth-order valence-electron chi connectivity index (χ4n) is 3.20. The predicted molar refractivity (Wildman–Crippen MR) is 88.4 cm³/mol. The molecule has 0 bridgehead atoms. The van der Waals surface area contributed by atoms with Gasteiger partial charge in [0.15, 0.2) is 0 Å². The topological polar surface area (TPSA) is 35.5 Å². The third kappa shape index (κ3) is 4.21. The van der Waals surface area contributed by atoms with Crippen LogP contribution >= 0.6 is 0 Å². The molecule has 2 unspecified atom stereocenters. The minimum absolute atomic E-state index is 0.242. The van der Waals surface area contributed by atoms with Gasteiger partial charge in [0.1, 0.15) is 5.75 Å². The van der Waals surface area contributed by atoms with Crippen LogP contribution in [0.15, 0.2) is 24.3 Å². The van der Waals surface area contributed by atoms with Crippen LogP contribution in [0.2, 0.25) is 0 Å². The Morgan fingerprint density at radius 3 is 2.62 bits per heavy atom. The normalized spacial score (nSPS) is 24.5. The Labute approximate surface area is 129 Å². The molecule has 21 heavy (non-hydrogen) atoms. The molecule has 3 heteroatoms. The maximum Gasteiger partial charge on any atom is 0.115 e. The van der Waals surface area contributed by atoms with Crippen molar-refractivity contribution >= 4 is 0 Å². The summed E-state index contributed by atoms with van der Waals surface area (Å²) in [5, 5.41) is 13.4. The molecule has 0 radical (unpaired) electrons. The zero-order valence-corrected chi connectivity index (χ0v) is 14.1. The van der Waals surface area contributed by atoms with Crippen LogP contribution in [-0.4, -0.2) is 35.2 Å². The number of hydrogen-bond donors (Lipinski definition) is 2. The lowest BCUT2D eigenvalue weighted by atomic mass is 9.82. The Bertz CT molecular complexity index is 465. The molecular formula is C18H30N2O. The van der Waals surface area contributed by atoms with Gasteiger partial charge in [-0.05, 0) is 29.0 Å². The van der Waals surface area contributed by atoms with Crippen molar-refractivity contribution in [1.29, 1.82) is 0 Å². The molecule has 0 saturated carbocycles. The van der Waals surface area contributed by atoms with E-state index >= 15 is 0 Å². The lowest BCUT2D eigenvalue weighted by Gasteiger charge is -2.47. The van der Waals surface area contributed by atoms with Crippen molar-refractivity contribution in [3.8, 4) is 5.75 Å². The number of nitrogens with zero attached hydrogens (tertiary/aromatic N) is 1. The molecule has 1 heterocycles. The number of phenols is 1. The van der Waals surface area contributed by atoms with E-state index in [-0.39, 0.29) is 5.41 Å². The highest BCUT2D eigenvalue weighted by molar-refractivity contribution is 5.27. The standard InChI is InChI=1S/C18H30N2O/c1-13(2)16-12-20(17(10-19-16)18(3,4)5)11-14-7-6-8-15(21)9-14/h6-9,13,16-17,19,21H,10-12H2,1-5H3. The van der Waals surface area contributed by atoms with E-state index in [1.54, 1.807) is 6.07 Å². The number of aromatic hydroxyl groups is 1. The third-order valence-corrected chi connectivity index (χ3v) is 4.55. The molecule has 2 atom stereocenters. The number of piperazine rings is 1. The summed E-state index contributed by atoms with van der Waals surface area (Å²) in [7, 11) is 0. The first-order valence-electron chi connectivity index (χ1n) is 8.02. The van der Waals surface area contributed by atoms with Gasteiger partial charge < -0.3 is 10.4 Å². The highest BCUT2D eigenvalue weighted by Crippen LogP contribution is 2.29. The van der Waals surface area contributed by atoms with Crippen LogP contribution in [0.5, 0.6) is 5.75 Å². The third-order valence-electron chi connectivity index (χ3n) is 4.55. The molecule has 1 aliphatic rings. The number of hydrogen-bond acceptors (Lipinski definition) is 3. The molecule has 0 amide bonds. The van der Waals surface area contributed by atoms with Crippen LogP contribution in [0.4, 0.5) is 0 Å². The second-order valence-electron chi connectivity index (χ2n) is 7.74. The minimum Gasteiger partial charge on any atom is -0.508 e. The van der Waals surface area contributed by atoms with Gasteiger partial charge in [-0.1, -0.05) is 46.8 Å². The van der Waals surface area contributed by atoms with Crippen molar-refractivity contribution in [2.45, 2.75) is 53.2 Å². The number of phenolic OH excluding ortho intramolecular Hbond substituents is 1. The van der Waals surface area contributed by atoms with Crippen molar-refractivity contribution in [2.75, 3.05) is 13.1 Å². The predicted octanol–water partition coefficient (Wildman–Crippen LogP) is 3.24. The Morgan fingerprint density at radius 1 is 1.33 bits per heavy atom. The zero-order chi connectivity index (χ0) is 15.6. The van der Waals surface area contributed by atoms with Gasteiger partial charge in [-0.25, -0.2) is 0 Å². The summed E-state index contributed by atoms with van der Waals surface area (Å²) in [6.07, 6.45) is 0. The van der Waals surface area contributed by atoms with E-state index in [1.165, 1.54) is 5.56 Å². The fraction of sp³-hybridized carbons (Fsp3) is 0.667. The molecule has 1 aromatic rings. The van der Waals surface area contributed by atoms with E-state index in [4.69, 9.17) is 0 Å². The number of nitrogens with one attached hydrogen (secondary N) is 1. The zero-order valence-electron chi connectivity index (χ0n) is 14.1. The van der Waals surface area contributed by atoms with Crippen molar-refractivity contribution in [3.63, 3.8) is 0 Å². The SMILES string of the molecule is CC(C)C1CN(Cc2cccc(O)c2)C(C(C)(C)C)CN1. The molecule has 1 aromatic carbocycles. The minimum atomic E-state index is 0.242. The average Bonchev–Trinajstić information content (AvgIpc) is 2.37. The molecule has 1 saturated heterocycles. The maximum absolute atomic E-state index is 9.68. The monoisotopic (exact) mass is 290 g/mol. The van der Waals surface area contributed by atoms with Crippen molar-refractivity contribution in [2.24, 2.45) is 11.3 Å². The van der Waals surface area contributed by atoms with Crippen molar-refractivity contribution in [1.82, 2.24) is 10.2 Å². The van der Waals surface area contributed by atoms with E-state index in [2.05, 4.69) is 50.9 Å². The largest absolute Gasteiger partial charge is 0.508 e. The van der Waals surface area contributed by atoms with Crippen LogP contribution in [-0.2, 0) is 6.54 Å². The first-order valence-corrected chi connectivity index (χ1v) is 8.02. The molecule has 0 aliphatic carbocycles.